The van der Waals surface area contributed by atoms with Crippen molar-refractivity contribution in [2.45, 2.75) is 25.0 Å². The van der Waals surface area contributed by atoms with Crippen LogP contribution in [0.25, 0.3) is 11.0 Å². The van der Waals surface area contributed by atoms with Gasteiger partial charge in [-0.15, -0.1) is 0 Å². The van der Waals surface area contributed by atoms with Gasteiger partial charge in [0.25, 0.3) is 0 Å². The number of anilines is 1. The first kappa shape index (κ1) is 14.3. The second-order valence-electron chi connectivity index (χ2n) is 6.82. The summed E-state index contributed by atoms with van der Waals surface area (Å²) in [4.78, 5) is 12.8. The standard InChI is InChI=1S/C19H19ClN4/c20-14-3-5-15(6-4-14)24-12-16-8-17(24)11-23(16)10-13-9-22-19-18(13)2-1-7-21-19/h1-7,9,16-17H,8,10-12H2,(H,21,22). The highest BCUT2D eigenvalue weighted by molar-refractivity contribution is 6.30. The smallest absolute Gasteiger partial charge is 0.137 e. The number of rotatable bonds is 3. The van der Waals surface area contributed by atoms with Gasteiger partial charge in [-0.25, -0.2) is 4.98 Å². The van der Waals surface area contributed by atoms with Gasteiger partial charge in [0.2, 0.25) is 0 Å². The summed E-state index contributed by atoms with van der Waals surface area (Å²) in [7, 11) is 0. The van der Waals surface area contributed by atoms with E-state index in [0.29, 0.717) is 12.1 Å². The van der Waals surface area contributed by atoms with Gasteiger partial charge in [-0.1, -0.05) is 11.6 Å². The first-order valence-corrected chi connectivity index (χ1v) is 8.83. The molecule has 2 aromatic heterocycles. The Morgan fingerprint density at radius 2 is 2.00 bits per heavy atom. The van der Waals surface area contributed by atoms with E-state index < -0.39 is 0 Å². The molecule has 5 rings (SSSR count). The number of nitrogens with zero attached hydrogens (tertiary/aromatic N) is 3. The number of aromatic amines is 1. The van der Waals surface area contributed by atoms with E-state index in [1.165, 1.54) is 23.1 Å². The Kier molecular flexibility index (Phi) is 3.28. The van der Waals surface area contributed by atoms with Crippen LogP contribution < -0.4 is 4.90 Å². The fraction of sp³-hybridized carbons (Fsp3) is 0.316. The molecule has 4 nitrogen and oxygen atoms in total. The van der Waals surface area contributed by atoms with Gasteiger partial charge in [0, 0.05) is 60.2 Å². The van der Waals surface area contributed by atoms with Crippen LogP contribution in [0.3, 0.4) is 0 Å². The summed E-state index contributed by atoms with van der Waals surface area (Å²) < 4.78 is 0. The molecule has 2 bridgehead atoms. The van der Waals surface area contributed by atoms with E-state index in [0.717, 1.165) is 30.3 Å². The van der Waals surface area contributed by atoms with Crippen molar-refractivity contribution in [1.29, 1.82) is 0 Å². The largest absolute Gasteiger partial charge is 0.366 e. The van der Waals surface area contributed by atoms with Crippen molar-refractivity contribution < 1.29 is 0 Å². The third-order valence-electron chi connectivity index (χ3n) is 5.42. The second kappa shape index (κ2) is 5.50. The topological polar surface area (TPSA) is 35.2 Å². The highest BCUT2D eigenvalue weighted by Crippen LogP contribution is 2.36. The van der Waals surface area contributed by atoms with E-state index in [9.17, 15) is 0 Å². The van der Waals surface area contributed by atoms with E-state index >= 15 is 0 Å². The monoisotopic (exact) mass is 338 g/mol. The van der Waals surface area contributed by atoms with Crippen molar-refractivity contribution in [2.24, 2.45) is 0 Å². The van der Waals surface area contributed by atoms with Gasteiger partial charge >= 0.3 is 0 Å². The van der Waals surface area contributed by atoms with E-state index in [-0.39, 0.29) is 0 Å². The van der Waals surface area contributed by atoms with Crippen molar-refractivity contribution in [2.75, 3.05) is 18.0 Å². The zero-order chi connectivity index (χ0) is 16.1. The quantitative estimate of drug-likeness (QED) is 0.791. The molecule has 2 fully saturated rings. The lowest BCUT2D eigenvalue weighted by molar-refractivity contribution is 0.231. The molecule has 0 saturated carbocycles. The molecule has 0 radical (unpaired) electrons. The first-order chi connectivity index (χ1) is 11.8. The maximum Gasteiger partial charge on any atom is 0.137 e. The minimum atomic E-state index is 0.611. The van der Waals surface area contributed by atoms with Gasteiger partial charge in [0.15, 0.2) is 0 Å². The molecule has 3 aromatic rings. The summed E-state index contributed by atoms with van der Waals surface area (Å²) in [5.74, 6) is 0. The lowest BCUT2D eigenvalue weighted by Gasteiger charge is -2.35. The number of halogens is 1. The average molecular weight is 339 g/mol. The van der Waals surface area contributed by atoms with Crippen LogP contribution in [0, 0.1) is 0 Å². The predicted octanol–water partition coefficient (Wildman–Crippen LogP) is 3.68. The molecule has 1 aromatic carbocycles. The van der Waals surface area contributed by atoms with Crippen LogP contribution in [-0.4, -0.2) is 40.0 Å². The van der Waals surface area contributed by atoms with Crippen molar-refractivity contribution >= 4 is 28.3 Å². The molecule has 2 aliphatic heterocycles. The van der Waals surface area contributed by atoms with E-state index in [2.05, 4.69) is 44.2 Å². The molecule has 2 saturated heterocycles. The number of hydrogen-bond donors (Lipinski definition) is 1. The summed E-state index contributed by atoms with van der Waals surface area (Å²) in [5, 5.41) is 2.05. The molecule has 122 valence electrons. The molecule has 2 atom stereocenters. The maximum atomic E-state index is 6.01. The van der Waals surface area contributed by atoms with Crippen LogP contribution in [0.15, 0.2) is 48.8 Å². The minimum absolute atomic E-state index is 0.611. The molecule has 2 unspecified atom stereocenters. The average Bonchev–Trinajstić information content (AvgIpc) is 3.30. The van der Waals surface area contributed by atoms with Gasteiger partial charge < -0.3 is 9.88 Å². The van der Waals surface area contributed by atoms with E-state index in [1.54, 1.807) is 0 Å². The number of piperazine rings is 1. The minimum Gasteiger partial charge on any atom is -0.366 e. The summed E-state index contributed by atoms with van der Waals surface area (Å²) in [5.41, 5.74) is 3.63. The van der Waals surface area contributed by atoms with Crippen LogP contribution in [0.1, 0.15) is 12.0 Å². The number of fused-ring (bicyclic) bond motifs is 3. The van der Waals surface area contributed by atoms with E-state index in [4.69, 9.17) is 11.6 Å². The Labute approximate surface area is 146 Å². The fourth-order valence-corrected chi connectivity index (χ4v) is 4.38. The number of nitrogens with one attached hydrogen (secondary N) is 1. The summed E-state index contributed by atoms with van der Waals surface area (Å²) in [6.07, 6.45) is 5.20. The fourth-order valence-electron chi connectivity index (χ4n) is 4.25. The third-order valence-corrected chi connectivity index (χ3v) is 5.67. The Morgan fingerprint density at radius 1 is 1.12 bits per heavy atom. The highest BCUT2D eigenvalue weighted by Gasteiger charge is 2.43. The highest BCUT2D eigenvalue weighted by atomic mass is 35.5. The molecule has 2 aliphatic rings. The number of benzene rings is 1. The van der Waals surface area contributed by atoms with Gasteiger partial charge in [0.1, 0.15) is 5.65 Å². The molecule has 0 spiro atoms. The molecular weight excluding hydrogens is 320 g/mol. The molecular formula is C19H19ClN4. The van der Waals surface area contributed by atoms with Gasteiger partial charge in [0.05, 0.1) is 0 Å². The molecule has 0 amide bonds. The second-order valence-corrected chi connectivity index (χ2v) is 7.25. The molecule has 0 aliphatic carbocycles. The van der Waals surface area contributed by atoms with Crippen molar-refractivity contribution in [3.05, 3.63) is 59.4 Å². The SMILES string of the molecule is Clc1ccc(N2CC3CC2CN3Cc2c[nH]c3ncccc23)cc1. The number of pyridine rings is 1. The summed E-state index contributed by atoms with van der Waals surface area (Å²) in [6, 6.07) is 13.7. The maximum absolute atomic E-state index is 6.01. The lowest BCUT2D eigenvalue weighted by atomic mass is 10.2. The summed E-state index contributed by atoms with van der Waals surface area (Å²) >= 11 is 6.01. The van der Waals surface area contributed by atoms with Crippen LogP contribution in [0.5, 0.6) is 0 Å². The van der Waals surface area contributed by atoms with Crippen LogP contribution >= 0.6 is 11.6 Å². The van der Waals surface area contributed by atoms with Crippen molar-refractivity contribution in [3.8, 4) is 0 Å². The predicted molar refractivity (Wildman–Crippen MR) is 97.5 cm³/mol. The Balaban J connectivity index is 1.33. The molecule has 1 N–H and O–H groups in total. The Hall–Kier alpha value is -2.04. The first-order valence-electron chi connectivity index (χ1n) is 8.45. The van der Waals surface area contributed by atoms with Gasteiger partial charge in [-0.05, 0) is 48.4 Å². The zero-order valence-corrected chi connectivity index (χ0v) is 14.1. The number of aromatic nitrogens is 2. The number of hydrogen-bond acceptors (Lipinski definition) is 3. The van der Waals surface area contributed by atoms with E-state index in [1.807, 2.05) is 24.4 Å². The van der Waals surface area contributed by atoms with Crippen LogP contribution in [0.4, 0.5) is 5.69 Å². The Morgan fingerprint density at radius 3 is 2.79 bits per heavy atom. The van der Waals surface area contributed by atoms with Crippen molar-refractivity contribution in [1.82, 2.24) is 14.9 Å². The molecule has 5 heteroatoms. The van der Waals surface area contributed by atoms with Crippen molar-refractivity contribution in [3.63, 3.8) is 0 Å². The zero-order valence-electron chi connectivity index (χ0n) is 13.3. The molecule has 24 heavy (non-hydrogen) atoms. The normalized spacial score (nSPS) is 23.5. The molecule has 4 heterocycles. The summed E-state index contributed by atoms with van der Waals surface area (Å²) in [6.45, 7) is 3.23. The van der Waals surface area contributed by atoms with Crippen LogP contribution in [0.2, 0.25) is 5.02 Å². The third kappa shape index (κ3) is 2.29. The Bertz CT molecular complexity index is 872. The number of H-pyrrole nitrogens is 1. The lowest BCUT2D eigenvalue weighted by Crippen LogP contribution is -2.45. The number of likely N-dealkylation sites (tertiary alicyclic amines) is 1. The van der Waals surface area contributed by atoms with Gasteiger partial charge in [-0.3, -0.25) is 4.90 Å². The van der Waals surface area contributed by atoms with Crippen LogP contribution in [-0.2, 0) is 6.54 Å². The van der Waals surface area contributed by atoms with Gasteiger partial charge in [-0.2, -0.15) is 0 Å².